The van der Waals surface area contributed by atoms with Gasteiger partial charge in [-0.05, 0) is 24.3 Å². The van der Waals surface area contributed by atoms with Gasteiger partial charge in [0.1, 0.15) is 11.9 Å². The molecule has 0 aliphatic rings. The van der Waals surface area contributed by atoms with Crippen LogP contribution < -0.4 is 0 Å². The largest absolute Gasteiger partial charge is 0.255 e. The maximum Gasteiger partial charge on any atom is 0.132 e. The van der Waals surface area contributed by atoms with Crippen molar-refractivity contribution in [3.63, 3.8) is 0 Å². The quantitative estimate of drug-likeness (QED) is 0.611. The molecule has 0 radical (unpaired) electrons. The number of hydrogen-bond donors (Lipinski definition) is 0. The molecule has 0 amide bonds. The lowest BCUT2D eigenvalue weighted by atomic mass is 10.1. The van der Waals surface area contributed by atoms with Crippen LogP contribution in [0.3, 0.4) is 0 Å². The predicted molar refractivity (Wildman–Crippen MR) is 46.4 cm³/mol. The maximum absolute atomic E-state index is 13.2. The van der Waals surface area contributed by atoms with E-state index in [1.165, 1.54) is 12.1 Å². The second-order valence-corrected chi connectivity index (χ2v) is 2.61. The van der Waals surface area contributed by atoms with E-state index in [1.54, 1.807) is 18.3 Å². The second kappa shape index (κ2) is 2.83. The van der Waals surface area contributed by atoms with Gasteiger partial charge >= 0.3 is 0 Å². The number of nitriles is 1. The van der Waals surface area contributed by atoms with Crippen molar-refractivity contribution in [2.75, 3.05) is 0 Å². The van der Waals surface area contributed by atoms with Gasteiger partial charge in [0.05, 0.1) is 11.1 Å². The monoisotopic (exact) mass is 172 g/mol. The predicted octanol–water partition coefficient (Wildman–Crippen LogP) is 2.25. The van der Waals surface area contributed by atoms with Gasteiger partial charge in [-0.3, -0.25) is 4.98 Å². The molecule has 2 aromatic rings. The van der Waals surface area contributed by atoms with Gasteiger partial charge in [0, 0.05) is 11.6 Å². The zero-order valence-corrected chi connectivity index (χ0v) is 6.66. The standard InChI is InChI=1S/C10H5FN2/c11-9-4-3-7(6-12)10-8(9)2-1-5-13-10/h1-5H. The molecule has 1 aromatic heterocycles. The smallest absolute Gasteiger partial charge is 0.132 e. The van der Waals surface area contributed by atoms with Crippen molar-refractivity contribution >= 4 is 10.9 Å². The van der Waals surface area contributed by atoms with Crippen LogP contribution in [0, 0.1) is 17.1 Å². The number of fused-ring (bicyclic) bond motifs is 1. The summed E-state index contributed by atoms with van der Waals surface area (Å²) in [5.74, 6) is -0.345. The van der Waals surface area contributed by atoms with Crippen molar-refractivity contribution in [1.82, 2.24) is 4.98 Å². The SMILES string of the molecule is N#Cc1ccc(F)c2cccnc12. The van der Waals surface area contributed by atoms with E-state index < -0.39 is 0 Å². The lowest BCUT2D eigenvalue weighted by molar-refractivity contribution is 0.639. The normalized spacial score (nSPS) is 9.85. The highest BCUT2D eigenvalue weighted by molar-refractivity contribution is 5.84. The fraction of sp³-hybridized carbons (Fsp3) is 0. The van der Waals surface area contributed by atoms with E-state index in [2.05, 4.69) is 4.98 Å². The first-order chi connectivity index (χ1) is 6.33. The summed E-state index contributed by atoms with van der Waals surface area (Å²) in [6, 6.07) is 7.94. The van der Waals surface area contributed by atoms with Crippen molar-refractivity contribution in [2.45, 2.75) is 0 Å². The number of nitrogens with zero attached hydrogens (tertiary/aromatic N) is 2. The number of pyridine rings is 1. The van der Waals surface area contributed by atoms with Crippen LogP contribution in [-0.4, -0.2) is 4.98 Å². The molecule has 13 heavy (non-hydrogen) atoms. The van der Waals surface area contributed by atoms with E-state index in [0.717, 1.165) is 0 Å². The Kier molecular flexibility index (Phi) is 1.67. The van der Waals surface area contributed by atoms with Gasteiger partial charge < -0.3 is 0 Å². The Balaban J connectivity index is 2.95. The summed E-state index contributed by atoms with van der Waals surface area (Å²) >= 11 is 0. The van der Waals surface area contributed by atoms with Crippen LogP contribution in [0.25, 0.3) is 10.9 Å². The Morgan fingerprint density at radius 3 is 2.92 bits per heavy atom. The van der Waals surface area contributed by atoms with E-state index in [-0.39, 0.29) is 5.82 Å². The van der Waals surface area contributed by atoms with Crippen LogP contribution in [0.5, 0.6) is 0 Å². The lowest BCUT2D eigenvalue weighted by Gasteiger charge is -1.98. The Morgan fingerprint density at radius 1 is 1.31 bits per heavy atom. The van der Waals surface area contributed by atoms with Gasteiger partial charge in [0.2, 0.25) is 0 Å². The van der Waals surface area contributed by atoms with Crippen LogP contribution in [-0.2, 0) is 0 Å². The van der Waals surface area contributed by atoms with Crippen molar-refractivity contribution in [2.24, 2.45) is 0 Å². The molecule has 0 spiro atoms. The lowest BCUT2D eigenvalue weighted by Crippen LogP contribution is -1.86. The minimum Gasteiger partial charge on any atom is -0.255 e. The number of hydrogen-bond acceptors (Lipinski definition) is 2. The molecular weight excluding hydrogens is 167 g/mol. The molecule has 2 nitrogen and oxygen atoms in total. The van der Waals surface area contributed by atoms with Crippen molar-refractivity contribution in [3.05, 3.63) is 41.8 Å². The molecule has 0 saturated carbocycles. The Morgan fingerprint density at radius 2 is 2.15 bits per heavy atom. The van der Waals surface area contributed by atoms with E-state index in [4.69, 9.17) is 5.26 Å². The summed E-state index contributed by atoms with van der Waals surface area (Å²) in [6.45, 7) is 0. The first kappa shape index (κ1) is 7.69. The Labute approximate surface area is 74.3 Å². The van der Waals surface area contributed by atoms with Crippen LogP contribution in [0.4, 0.5) is 4.39 Å². The second-order valence-electron chi connectivity index (χ2n) is 2.61. The molecule has 0 bridgehead atoms. The van der Waals surface area contributed by atoms with Crippen molar-refractivity contribution in [1.29, 1.82) is 5.26 Å². The molecule has 1 heterocycles. The molecule has 3 heteroatoms. The van der Waals surface area contributed by atoms with E-state index in [0.29, 0.717) is 16.5 Å². The van der Waals surface area contributed by atoms with Gasteiger partial charge in [-0.15, -0.1) is 0 Å². The van der Waals surface area contributed by atoms with Gasteiger partial charge in [-0.25, -0.2) is 4.39 Å². The zero-order chi connectivity index (χ0) is 9.26. The third-order valence-corrected chi connectivity index (χ3v) is 1.84. The minimum absolute atomic E-state index is 0.345. The number of halogens is 1. The first-order valence-electron chi connectivity index (χ1n) is 3.76. The third kappa shape index (κ3) is 1.13. The summed E-state index contributed by atoms with van der Waals surface area (Å²) in [5.41, 5.74) is 0.821. The molecule has 0 aliphatic carbocycles. The Hall–Kier alpha value is -1.95. The highest BCUT2D eigenvalue weighted by Gasteiger charge is 2.04. The third-order valence-electron chi connectivity index (χ3n) is 1.84. The van der Waals surface area contributed by atoms with E-state index >= 15 is 0 Å². The molecule has 0 aliphatic heterocycles. The van der Waals surface area contributed by atoms with Crippen molar-refractivity contribution in [3.8, 4) is 6.07 Å². The molecule has 0 saturated heterocycles. The highest BCUT2D eigenvalue weighted by Crippen LogP contribution is 2.18. The average Bonchev–Trinajstić information content (AvgIpc) is 2.19. The molecule has 0 atom stereocenters. The average molecular weight is 172 g/mol. The zero-order valence-electron chi connectivity index (χ0n) is 6.66. The number of aromatic nitrogens is 1. The molecule has 0 unspecified atom stereocenters. The highest BCUT2D eigenvalue weighted by atomic mass is 19.1. The maximum atomic E-state index is 13.2. The van der Waals surface area contributed by atoms with Crippen LogP contribution in [0.1, 0.15) is 5.56 Å². The van der Waals surface area contributed by atoms with Crippen LogP contribution >= 0.6 is 0 Å². The topological polar surface area (TPSA) is 36.7 Å². The summed E-state index contributed by atoms with van der Waals surface area (Å²) in [6.07, 6.45) is 1.54. The molecule has 0 fully saturated rings. The van der Waals surface area contributed by atoms with Gasteiger partial charge in [0.15, 0.2) is 0 Å². The summed E-state index contributed by atoms with van der Waals surface area (Å²) in [7, 11) is 0. The summed E-state index contributed by atoms with van der Waals surface area (Å²) in [5, 5.41) is 9.10. The summed E-state index contributed by atoms with van der Waals surface area (Å²) < 4.78 is 13.2. The molecular formula is C10H5FN2. The van der Waals surface area contributed by atoms with E-state index in [9.17, 15) is 4.39 Å². The van der Waals surface area contributed by atoms with Crippen LogP contribution in [0.2, 0.25) is 0 Å². The fourth-order valence-corrected chi connectivity index (χ4v) is 1.23. The number of rotatable bonds is 0. The fourth-order valence-electron chi connectivity index (χ4n) is 1.23. The molecule has 1 aromatic carbocycles. The molecule has 0 N–H and O–H groups in total. The minimum atomic E-state index is -0.345. The summed E-state index contributed by atoms with van der Waals surface area (Å²) in [4.78, 5) is 3.95. The van der Waals surface area contributed by atoms with Crippen molar-refractivity contribution < 1.29 is 4.39 Å². The first-order valence-corrected chi connectivity index (χ1v) is 3.76. The number of benzene rings is 1. The van der Waals surface area contributed by atoms with Gasteiger partial charge in [-0.1, -0.05) is 0 Å². The van der Waals surface area contributed by atoms with Gasteiger partial charge in [0.25, 0.3) is 0 Å². The molecule has 2 rings (SSSR count). The van der Waals surface area contributed by atoms with E-state index in [1.807, 2.05) is 6.07 Å². The van der Waals surface area contributed by atoms with Crippen LogP contribution in [0.15, 0.2) is 30.5 Å². The molecule has 62 valence electrons. The Bertz CT molecular complexity index is 500. The van der Waals surface area contributed by atoms with Gasteiger partial charge in [-0.2, -0.15) is 5.26 Å².